The van der Waals surface area contributed by atoms with E-state index in [4.69, 9.17) is 9.47 Å². The van der Waals surface area contributed by atoms with Crippen LogP contribution in [-0.2, 0) is 11.2 Å². The maximum absolute atomic E-state index is 13.5. The largest absolute Gasteiger partial charge is 0.481 e. The molecule has 0 aromatic heterocycles. The highest BCUT2D eigenvalue weighted by Crippen LogP contribution is 2.41. The summed E-state index contributed by atoms with van der Waals surface area (Å²) in [6.07, 6.45) is -0.879. The van der Waals surface area contributed by atoms with Gasteiger partial charge in [0.2, 0.25) is 6.79 Å². The van der Waals surface area contributed by atoms with Gasteiger partial charge >= 0.3 is 5.97 Å². The summed E-state index contributed by atoms with van der Waals surface area (Å²) in [6, 6.07) is 3.26. The van der Waals surface area contributed by atoms with Crippen molar-refractivity contribution in [1.82, 2.24) is 0 Å². The summed E-state index contributed by atoms with van der Waals surface area (Å²) < 4.78 is 24.1. The molecule has 104 valence electrons. The number of ether oxygens (including phenoxy) is 2. The van der Waals surface area contributed by atoms with Crippen molar-refractivity contribution in [3.8, 4) is 11.5 Å². The number of aliphatic carboxylic acids is 1. The third-order valence-corrected chi connectivity index (χ3v) is 3.24. The van der Waals surface area contributed by atoms with Gasteiger partial charge in [0, 0.05) is 0 Å². The van der Waals surface area contributed by atoms with Gasteiger partial charge in [-0.05, 0) is 50.5 Å². The third kappa shape index (κ3) is 2.64. The average molecular weight is 268 g/mol. The van der Waals surface area contributed by atoms with Gasteiger partial charge in [-0.2, -0.15) is 0 Å². The molecule has 0 saturated heterocycles. The van der Waals surface area contributed by atoms with Gasteiger partial charge in [0.05, 0.1) is 5.41 Å². The van der Waals surface area contributed by atoms with Crippen molar-refractivity contribution >= 4 is 5.97 Å². The van der Waals surface area contributed by atoms with E-state index in [9.17, 15) is 14.3 Å². The summed E-state index contributed by atoms with van der Waals surface area (Å²) in [7, 11) is 0. The first-order valence-electron chi connectivity index (χ1n) is 6.11. The van der Waals surface area contributed by atoms with Crippen molar-refractivity contribution in [2.24, 2.45) is 5.41 Å². The van der Waals surface area contributed by atoms with Crippen LogP contribution in [0, 0.1) is 5.41 Å². The highest BCUT2D eigenvalue weighted by atomic mass is 19.1. The quantitative estimate of drug-likeness (QED) is 0.911. The van der Waals surface area contributed by atoms with Gasteiger partial charge in [-0.3, -0.25) is 4.79 Å². The molecule has 0 fully saturated rings. The Labute approximate surface area is 111 Å². The molecule has 0 saturated carbocycles. The Morgan fingerprint density at radius 1 is 1.47 bits per heavy atom. The maximum Gasteiger partial charge on any atom is 0.309 e. The molecule has 1 aliphatic heterocycles. The molecule has 1 aromatic carbocycles. The summed E-state index contributed by atoms with van der Waals surface area (Å²) in [4.78, 5) is 11.2. The van der Waals surface area contributed by atoms with E-state index in [1.807, 2.05) is 0 Å². The lowest BCUT2D eigenvalue weighted by molar-refractivity contribution is -0.146. The summed E-state index contributed by atoms with van der Waals surface area (Å²) in [5.41, 5.74) is 0.195. The number of carbonyl (C=O) groups is 1. The zero-order valence-corrected chi connectivity index (χ0v) is 11.2. The van der Waals surface area contributed by atoms with Crippen LogP contribution >= 0.6 is 0 Å². The molecular weight excluding hydrogens is 251 g/mol. The van der Waals surface area contributed by atoms with Crippen LogP contribution in [0.2, 0.25) is 0 Å². The average Bonchev–Trinajstić information content (AvgIpc) is 2.76. The molecule has 0 radical (unpaired) electrons. The van der Waals surface area contributed by atoms with Crippen LogP contribution in [0.1, 0.15) is 38.1 Å². The van der Waals surface area contributed by atoms with Crippen molar-refractivity contribution in [2.45, 2.75) is 33.4 Å². The van der Waals surface area contributed by atoms with Gasteiger partial charge < -0.3 is 14.6 Å². The van der Waals surface area contributed by atoms with Gasteiger partial charge in [-0.25, -0.2) is 4.39 Å². The number of halogens is 1. The number of fused-ring (bicyclic) bond motifs is 1. The molecular formula is C14H17FO4. The molecule has 0 spiro atoms. The fraction of sp³-hybridized carbons (Fsp3) is 0.500. The van der Waals surface area contributed by atoms with Crippen LogP contribution in [0.15, 0.2) is 12.1 Å². The molecule has 0 bridgehead atoms. The third-order valence-electron chi connectivity index (χ3n) is 3.24. The lowest BCUT2D eigenvalue weighted by atomic mass is 9.85. The highest BCUT2D eigenvalue weighted by Gasteiger charge is 2.31. The van der Waals surface area contributed by atoms with Gasteiger partial charge in [0.1, 0.15) is 6.17 Å². The first-order chi connectivity index (χ1) is 8.81. The van der Waals surface area contributed by atoms with Crippen LogP contribution in [-0.4, -0.2) is 17.9 Å². The summed E-state index contributed by atoms with van der Waals surface area (Å²) in [5.74, 6) is 0.107. The van der Waals surface area contributed by atoms with Gasteiger partial charge in [-0.1, -0.05) is 0 Å². The Bertz CT molecular complexity index is 508. The van der Waals surface area contributed by atoms with Gasteiger partial charge in [-0.15, -0.1) is 0 Å². The fourth-order valence-corrected chi connectivity index (χ4v) is 2.02. The van der Waals surface area contributed by atoms with Crippen molar-refractivity contribution in [3.05, 3.63) is 23.3 Å². The fourth-order valence-electron chi connectivity index (χ4n) is 2.02. The van der Waals surface area contributed by atoms with E-state index < -0.39 is 17.6 Å². The molecule has 1 aromatic rings. The van der Waals surface area contributed by atoms with E-state index in [-0.39, 0.29) is 13.2 Å². The van der Waals surface area contributed by atoms with E-state index in [0.29, 0.717) is 22.6 Å². The number of benzene rings is 1. The van der Waals surface area contributed by atoms with Crippen molar-refractivity contribution < 1.29 is 23.8 Å². The molecule has 4 nitrogen and oxygen atoms in total. The van der Waals surface area contributed by atoms with E-state index in [2.05, 4.69) is 0 Å². The van der Waals surface area contributed by atoms with E-state index in [0.717, 1.165) is 0 Å². The van der Waals surface area contributed by atoms with Crippen LogP contribution < -0.4 is 9.47 Å². The lowest BCUT2D eigenvalue weighted by Crippen LogP contribution is -2.26. The predicted molar refractivity (Wildman–Crippen MR) is 67.2 cm³/mol. The Morgan fingerprint density at radius 3 is 2.74 bits per heavy atom. The monoisotopic (exact) mass is 268 g/mol. The SMILES string of the molecule is CC(F)c1cc(CC(C)(C)C(=O)O)c2c(c1)OCO2. The van der Waals surface area contributed by atoms with Crippen LogP contribution in [0.5, 0.6) is 11.5 Å². The normalized spacial score (nSPS) is 15.4. The minimum Gasteiger partial charge on any atom is -0.481 e. The van der Waals surface area contributed by atoms with Gasteiger partial charge in [0.15, 0.2) is 11.5 Å². The Balaban J connectivity index is 2.42. The topological polar surface area (TPSA) is 55.8 Å². The first kappa shape index (κ1) is 13.6. The second-order valence-corrected chi connectivity index (χ2v) is 5.40. The summed E-state index contributed by atoms with van der Waals surface area (Å²) in [5, 5.41) is 9.18. The maximum atomic E-state index is 13.5. The number of alkyl halides is 1. The molecule has 0 aliphatic carbocycles. The van der Waals surface area contributed by atoms with E-state index in [1.165, 1.54) is 6.92 Å². The Kier molecular flexibility index (Phi) is 3.39. The van der Waals surface area contributed by atoms with Crippen molar-refractivity contribution in [1.29, 1.82) is 0 Å². The highest BCUT2D eigenvalue weighted by molar-refractivity contribution is 5.74. The molecule has 19 heavy (non-hydrogen) atoms. The molecule has 1 N–H and O–H groups in total. The standard InChI is InChI=1S/C14H17FO4/c1-8(15)9-4-10(6-14(2,3)13(16)17)12-11(5-9)18-7-19-12/h4-5,8H,6-7H2,1-3H3,(H,16,17). The number of rotatable bonds is 4. The molecule has 1 unspecified atom stereocenters. The Morgan fingerprint density at radius 2 is 2.16 bits per heavy atom. The van der Waals surface area contributed by atoms with Crippen LogP contribution in [0.3, 0.4) is 0 Å². The molecule has 5 heteroatoms. The smallest absolute Gasteiger partial charge is 0.309 e. The number of carboxylic acids is 1. The minimum atomic E-state index is -1.14. The predicted octanol–water partition coefficient (Wildman–Crippen LogP) is 3.10. The molecule has 2 rings (SSSR count). The van der Waals surface area contributed by atoms with Crippen LogP contribution in [0.4, 0.5) is 4.39 Å². The zero-order chi connectivity index (χ0) is 14.2. The molecule has 1 heterocycles. The van der Waals surface area contributed by atoms with E-state index in [1.54, 1.807) is 26.0 Å². The second-order valence-electron chi connectivity index (χ2n) is 5.40. The first-order valence-corrected chi connectivity index (χ1v) is 6.11. The number of hydrogen-bond donors (Lipinski definition) is 1. The second kappa shape index (κ2) is 4.72. The van der Waals surface area contributed by atoms with Crippen molar-refractivity contribution in [3.63, 3.8) is 0 Å². The molecule has 1 atom stereocenters. The minimum absolute atomic E-state index is 0.0833. The molecule has 0 amide bonds. The number of carboxylic acid groups (broad SMARTS) is 1. The van der Waals surface area contributed by atoms with Gasteiger partial charge in [0.25, 0.3) is 0 Å². The zero-order valence-electron chi connectivity index (χ0n) is 11.2. The lowest BCUT2D eigenvalue weighted by Gasteiger charge is -2.20. The Hall–Kier alpha value is -1.78. The van der Waals surface area contributed by atoms with Crippen molar-refractivity contribution in [2.75, 3.05) is 6.79 Å². The van der Waals surface area contributed by atoms with Crippen LogP contribution in [0.25, 0.3) is 0 Å². The van der Waals surface area contributed by atoms with E-state index >= 15 is 0 Å². The molecule has 1 aliphatic rings. The number of hydrogen-bond acceptors (Lipinski definition) is 3. The summed E-state index contributed by atoms with van der Waals surface area (Å²) in [6.45, 7) is 4.77. The summed E-state index contributed by atoms with van der Waals surface area (Å²) >= 11 is 0.